The van der Waals surface area contributed by atoms with E-state index < -0.39 is 21.3 Å². The Hall–Kier alpha value is -3.64. The molecule has 6 rings (SSSR count). The number of benzene rings is 2. The first-order valence-corrected chi connectivity index (χ1v) is 17.3. The maximum atomic E-state index is 12.6. The Labute approximate surface area is 265 Å². The molecule has 0 amide bonds. The number of aromatic nitrogens is 3. The number of anilines is 2. The van der Waals surface area contributed by atoms with Crippen LogP contribution in [0.15, 0.2) is 59.7 Å². The number of ether oxygens (including phenoxy) is 1. The smallest absolute Gasteiger partial charge is 0.350 e. The number of methoxy groups -OCH3 is 1. The van der Waals surface area contributed by atoms with Crippen LogP contribution in [0.25, 0.3) is 5.69 Å². The van der Waals surface area contributed by atoms with Crippen molar-refractivity contribution >= 4 is 27.3 Å². The predicted octanol–water partition coefficient (Wildman–Crippen LogP) is 4.61. The molecule has 2 aliphatic carbocycles. The third-order valence-electron chi connectivity index (χ3n) is 10.5. The Bertz CT molecular complexity index is 1660. The van der Waals surface area contributed by atoms with Gasteiger partial charge in [0.2, 0.25) is 0 Å². The van der Waals surface area contributed by atoms with E-state index in [4.69, 9.17) is 9.29 Å². The molecular weight excluding hydrogens is 594 g/mol. The minimum Gasteiger partial charge on any atom is -0.497 e. The first kappa shape index (κ1) is 32.7. The topological polar surface area (TPSA) is 127 Å². The average molecular weight is 640 g/mol. The molecule has 0 radical (unpaired) electrons. The molecule has 3 atom stereocenters. The third kappa shape index (κ3) is 6.40. The molecule has 1 N–H and O–H groups in total. The normalized spacial score (nSPS) is 23.1. The van der Waals surface area contributed by atoms with Crippen LogP contribution in [0.5, 0.6) is 5.75 Å². The molecule has 1 aromatic heterocycles. The van der Waals surface area contributed by atoms with E-state index in [1.165, 1.54) is 11.4 Å². The van der Waals surface area contributed by atoms with E-state index >= 15 is 0 Å². The number of ketones is 1. The van der Waals surface area contributed by atoms with Crippen LogP contribution in [-0.4, -0.2) is 72.1 Å². The van der Waals surface area contributed by atoms with Crippen LogP contribution in [0, 0.1) is 16.7 Å². The summed E-state index contributed by atoms with van der Waals surface area (Å²) in [6.07, 6.45) is 4.45. The number of nitrogens with zero attached hydrogens (tertiary/aromatic N) is 5. The molecule has 2 aromatic carbocycles. The minimum atomic E-state index is -4.08. The van der Waals surface area contributed by atoms with Crippen LogP contribution in [-0.2, 0) is 14.9 Å². The number of hydrogen-bond acceptors (Lipinski definition) is 8. The maximum absolute atomic E-state index is 12.6. The number of Topliss-reactive ketones (excluding diaryl/α,β-unsaturated/α-hetero) is 1. The molecular formula is C33H45N5O6S. The van der Waals surface area contributed by atoms with Crippen LogP contribution in [0.3, 0.4) is 0 Å². The first-order valence-electron chi connectivity index (χ1n) is 15.7. The molecule has 0 spiro atoms. The number of hydrogen-bond donors (Lipinski definition) is 1. The van der Waals surface area contributed by atoms with E-state index in [-0.39, 0.29) is 28.8 Å². The lowest BCUT2D eigenvalue weighted by Crippen LogP contribution is -2.46. The number of carbonyl (C=O) groups excluding carboxylic acids is 1. The molecule has 2 saturated carbocycles. The molecule has 2 bridgehead atoms. The zero-order valence-corrected chi connectivity index (χ0v) is 27.7. The Morgan fingerprint density at radius 1 is 0.956 bits per heavy atom. The summed E-state index contributed by atoms with van der Waals surface area (Å²) in [6.45, 7) is 11.8. The van der Waals surface area contributed by atoms with Crippen molar-refractivity contribution in [3.8, 4) is 11.4 Å². The van der Waals surface area contributed by atoms with E-state index in [1.807, 2.05) is 45.0 Å². The second-order valence-corrected chi connectivity index (χ2v) is 14.5. The average Bonchev–Trinajstić information content (AvgIpc) is 3.58. The number of rotatable bonds is 8. The van der Waals surface area contributed by atoms with E-state index in [9.17, 15) is 18.0 Å². The van der Waals surface area contributed by atoms with Gasteiger partial charge in [0.25, 0.3) is 10.1 Å². The van der Waals surface area contributed by atoms with E-state index in [1.54, 1.807) is 22.7 Å². The summed E-state index contributed by atoms with van der Waals surface area (Å²) >= 11 is 0. The van der Waals surface area contributed by atoms with Crippen molar-refractivity contribution in [2.24, 2.45) is 16.7 Å². The molecule has 2 heterocycles. The van der Waals surface area contributed by atoms with Crippen LogP contribution in [0.4, 0.5) is 11.4 Å². The molecule has 12 heteroatoms. The van der Waals surface area contributed by atoms with Gasteiger partial charge in [0.05, 0.1) is 30.0 Å². The second kappa shape index (κ2) is 12.6. The lowest BCUT2D eigenvalue weighted by molar-refractivity contribution is -0.128. The second-order valence-electron chi connectivity index (χ2n) is 13.1. The number of carbonyl (C=O) groups is 1. The molecule has 11 nitrogen and oxygen atoms in total. The highest BCUT2D eigenvalue weighted by molar-refractivity contribution is 7.85. The summed E-state index contributed by atoms with van der Waals surface area (Å²) in [7, 11) is -2.39. The van der Waals surface area contributed by atoms with Gasteiger partial charge in [-0.3, -0.25) is 9.35 Å². The highest BCUT2D eigenvalue weighted by atomic mass is 32.2. The van der Waals surface area contributed by atoms with Gasteiger partial charge >= 0.3 is 5.69 Å². The third-order valence-corrected chi connectivity index (χ3v) is 11.3. The summed E-state index contributed by atoms with van der Waals surface area (Å²) in [5.41, 5.74) is 2.03. The Morgan fingerprint density at radius 3 is 1.93 bits per heavy atom. The monoisotopic (exact) mass is 639 g/mol. The van der Waals surface area contributed by atoms with Gasteiger partial charge in [-0.1, -0.05) is 20.8 Å². The Balaban J connectivity index is 0.000000223. The van der Waals surface area contributed by atoms with Crippen molar-refractivity contribution in [3.05, 3.63) is 65.3 Å². The van der Waals surface area contributed by atoms with Crippen molar-refractivity contribution in [1.82, 2.24) is 14.3 Å². The Morgan fingerprint density at radius 2 is 1.49 bits per heavy atom. The van der Waals surface area contributed by atoms with Gasteiger partial charge in [0.1, 0.15) is 17.9 Å². The van der Waals surface area contributed by atoms with E-state index in [0.29, 0.717) is 12.8 Å². The van der Waals surface area contributed by atoms with E-state index in [0.717, 1.165) is 50.5 Å². The van der Waals surface area contributed by atoms with Gasteiger partial charge in [-0.2, -0.15) is 13.5 Å². The van der Waals surface area contributed by atoms with Crippen molar-refractivity contribution in [1.29, 1.82) is 0 Å². The van der Waals surface area contributed by atoms with Crippen molar-refractivity contribution in [2.45, 2.75) is 59.4 Å². The molecule has 244 valence electrons. The lowest BCUT2D eigenvalue weighted by Gasteiger charge is -2.37. The predicted molar refractivity (Wildman–Crippen MR) is 175 cm³/mol. The minimum absolute atomic E-state index is 0.0152. The standard InChI is InChI=1S/C23H29N5O2.C10H16O4S/c1-4-18(2)28-23(29)27(17-24-28)21-7-5-19(6-8-21)25-13-15-26(16-14-25)20-9-11-22(30-3)12-10-20;1-9(2)7-3-4-10(9,8(11)5-7)6-15(12,13)14/h5-12,17-18H,4,13-16H2,1-3H3;7H,3-6H2,1-2H3,(H,12,13,14)/t18-;7?,10-/m01/s1. The molecule has 1 saturated heterocycles. The summed E-state index contributed by atoms with van der Waals surface area (Å²) in [5.74, 6) is 0.780. The van der Waals surface area contributed by atoms with Gasteiger partial charge in [-0.25, -0.2) is 14.0 Å². The van der Waals surface area contributed by atoms with Gasteiger partial charge in [0.15, 0.2) is 0 Å². The summed E-state index contributed by atoms with van der Waals surface area (Å²) < 4.78 is 39.4. The zero-order valence-electron chi connectivity index (χ0n) is 26.8. The zero-order chi connectivity index (χ0) is 32.6. The highest BCUT2D eigenvalue weighted by Gasteiger charge is 2.65. The van der Waals surface area contributed by atoms with Crippen molar-refractivity contribution < 1.29 is 22.5 Å². The quantitative estimate of drug-likeness (QED) is 0.352. The molecule has 1 aliphatic heterocycles. The fourth-order valence-corrected chi connectivity index (χ4v) is 8.53. The lowest BCUT2D eigenvalue weighted by atomic mass is 9.70. The summed E-state index contributed by atoms with van der Waals surface area (Å²) in [5, 5.41) is 4.27. The molecule has 1 unspecified atom stereocenters. The largest absolute Gasteiger partial charge is 0.497 e. The summed E-state index contributed by atoms with van der Waals surface area (Å²) in [4.78, 5) is 29.3. The van der Waals surface area contributed by atoms with Crippen LogP contribution in [0.2, 0.25) is 0 Å². The Kier molecular flexibility index (Phi) is 9.19. The number of fused-ring (bicyclic) bond motifs is 2. The fraction of sp³-hybridized carbons (Fsp3) is 0.545. The van der Waals surface area contributed by atoms with Crippen LogP contribution in [0.1, 0.15) is 59.4 Å². The van der Waals surface area contributed by atoms with Gasteiger partial charge in [-0.05, 0) is 86.1 Å². The SMILES string of the molecule is CC1(C)C2CC[C@@]1(CS(=O)(=O)O)C(=O)C2.CC[C@H](C)n1ncn(-c2ccc(N3CCN(c4ccc(OC)cc4)CC3)cc2)c1=O. The van der Waals surface area contributed by atoms with Crippen molar-refractivity contribution in [2.75, 3.05) is 48.8 Å². The summed E-state index contributed by atoms with van der Waals surface area (Å²) in [6, 6.07) is 16.5. The van der Waals surface area contributed by atoms with Gasteiger partial charge in [-0.15, -0.1) is 0 Å². The first-order chi connectivity index (χ1) is 21.3. The molecule has 3 aromatic rings. The highest BCUT2D eigenvalue weighted by Crippen LogP contribution is 2.64. The van der Waals surface area contributed by atoms with Crippen LogP contribution < -0.4 is 20.2 Å². The maximum Gasteiger partial charge on any atom is 0.350 e. The van der Waals surface area contributed by atoms with Gasteiger partial charge < -0.3 is 14.5 Å². The molecule has 3 fully saturated rings. The van der Waals surface area contributed by atoms with E-state index in [2.05, 4.69) is 46.1 Å². The molecule has 45 heavy (non-hydrogen) atoms. The molecule has 3 aliphatic rings. The van der Waals surface area contributed by atoms with Gasteiger partial charge in [0, 0.05) is 44.0 Å². The number of piperazine rings is 1. The van der Waals surface area contributed by atoms with Crippen LogP contribution >= 0.6 is 0 Å². The fourth-order valence-electron chi connectivity index (χ4n) is 7.23. The van der Waals surface area contributed by atoms with Crippen molar-refractivity contribution in [3.63, 3.8) is 0 Å².